The molecule has 1 aromatic rings. The lowest BCUT2D eigenvalue weighted by molar-refractivity contribution is -0.146. The molecule has 2 rings (SSSR count). The molecule has 1 aromatic carbocycles. The Hall–Kier alpha value is -1.50. The minimum absolute atomic E-state index is 0.187. The summed E-state index contributed by atoms with van der Waals surface area (Å²) in [6.45, 7) is -0.760. The van der Waals surface area contributed by atoms with Gasteiger partial charge in [0.1, 0.15) is 18.8 Å². The van der Waals surface area contributed by atoms with Gasteiger partial charge in [-0.05, 0) is 6.07 Å². The van der Waals surface area contributed by atoms with E-state index in [9.17, 15) is 14.4 Å². The molecule has 3 amide bonds. The molecule has 1 fully saturated rings. The van der Waals surface area contributed by atoms with Crippen molar-refractivity contribution in [2.75, 3.05) is 19.7 Å². The molecule has 0 atom stereocenters. The van der Waals surface area contributed by atoms with Crippen LogP contribution in [0.1, 0.15) is 0 Å². The molecule has 0 saturated carbocycles. The number of carbonyl (C=O) groups excluding carboxylic acids is 3. The van der Waals surface area contributed by atoms with E-state index in [1.807, 2.05) is 0 Å². The number of ether oxygens (including phenoxy) is 1. The summed E-state index contributed by atoms with van der Waals surface area (Å²) in [6, 6.07) is 2.77. The lowest BCUT2D eigenvalue weighted by atomic mass is 10.3. The number of carbonyl (C=O) groups is 3. The lowest BCUT2D eigenvalue weighted by Gasteiger charge is -2.25. The fourth-order valence-corrected chi connectivity index (χ4v) is 2.25. The summed E-state index contributed by atoms with van der Waals surface area (Å²) in [5.41, 5.74) is 0. The summed E-state index contributed by atoms with van der Waals surface area (Å²) < 4.78 is 5.25. The van der Waals surface area contributed by atoms with Gasteiger partial charge in [0.25, 0.3) is 5.91 Å². The Morgan fingerprint density at radius 2 is 1.67 bits per heavy atom. The van der Waals surface area contributed by atoms with E-state index in [-0.39, 0.29) is 40.5 Å². The highest BCUT2D eigenvalue weighted by atomic mass is 35.5. The van der Waals surface area contributed by atoms with E-state index in [1.54, 1.807) is 0 Å². The van der Waals surface area contributed by atoms with Crippen LogP contribution in [0.4, 0.5) is 0 Å². The molecule has 1 N–H and O–H groups in total. The van der Waals surface area contributed by atoms with Crippen LogP contribution in [0.2, 0.25) is 15.1 Å². The molecule has 6 nitrogen and oxygen atoms in total. The van der Waals surface area contributed by atoms with E-state index < -0.39 is 17.7 Å². The average Bonchev–Trinajstić information content (AvgIpc) is 2.40. The largest absolute Gasteiger partial charge is 0.482 e. The van der Waals surface area contributed by atoms with Crippen LogP contribution in [-0.4, -0.2) is 42.3 Å². The molecule has 1 aliphatic heterocycles. The Labute approximate surface area is 134 Å². The maximum Gasteiger partial charge on any atom is 0.261 e. The number of hydrogen-bond acceptors (Lipinski definition) is 4. The smallest absolute Gasteiger partial charge is 0.261 e. The van der Waals surface area contributed by atoms with E-state index in [0.717, 1.165) is 4.90 Å². The number of benzene rings is 1. The highest BCUT2D eigenvalue weighted by Gasteiger charge is 2.26. The molecule has 1 heterocycles. The number of hydrogen-bond donors (Lipinski definition) is 1. The molecule has 0 bridgehead atoms. The SMILES string of the molecule is O=C1CN(C(=O)COc2cc(Cl)c(Cl)cc2Cl)CC(=O)N1. The second-order valence-electron chi connectivity index (χ2n) is 4.21. The van der Waals surface area contributed by atoms with Crippen molar-refractivity contribution in [2.24, 2.45) is 0 Å². The van der Waals surface area contributed by atoms with Gasteiger partial charge in [0, 0.05) is 6.07 Å². The summed E-state index contributed by atoms with van der Waals surface area (Å²) in [6.07, 6.45) is 0. The van der Waals surface area contributed by atoms with Gasteiger partial charge in [0.2, 0.25) is 11.8 Å². The Balaban J connectivity index is 1.99. The highest BCUT2D eigenvalue weighted by Crippen LogP contribution is 2.33. The molecule has 0 spiro atoms. The summed E-state index contributed by atoms with van der Waals surface area (Å²) in [5, 5.41) is 2.79. The van der Waals surface area contributed by atoms with Crippen LogP contribution < -0.4 is 10.1 Å². The van der Waals surface area contributed by atoms with Crippen molar-refractivity contribution in [1.82, 2.24) is 10.2 Å². The van der Waals surface area contributed by atoms with Gasteiger partial charge in [-0.2, -0.15) is 0 Å². The van der Waals surface area contributed by atoms with Crippen molar-refractivity contribution < 1.29 is 19.1 Å². The van der Waals surface area contributed by atoms with E-state index >= 15 is 0 Å². The first kappa shape index (κ1) is 15.9. The molecule has 112 valence electrons. The van der Waals surface area contributed by atoms with Crippen LogP contribution >= 0.6 is 34.8 Å². The lowest BCUT2D eigenvalue weighted by Crippen LogP contribution is -2.54. The average molecular weight is 352 g/mol. The molecule has 0 aromatic heterocycles. The van der Waals surface area contributed by atoms with Gasteiger partial charge in [0.15, 0.2) is 6.61 Å². The molecule has 21 heavy (non-hydrogen) atoms. The Morgan fingerprint density at radius 1 is 1.10 bits per heavy atom. The van der Waals surface area contributed by atoms with Gasteiger partial charge in [-0.25, -0.2) is 0 Å². The van der Waals surface area contributed by atoms with E-state index in [1.165, 1.54) is 12.1 Å². The van der Waals surface area contributed by atoms with Gasteiger partial charge in [-0.15, -0.1) is 0 Å². The maximum atomic E-state index is 11.9. The highest BCUT2D eigenvalue weighted by molar-refractivity contribution is 6.43. The quantitative estimate of drug-likeness (QED) is 0.661. The standard InChI is InChI=1S/C12H9Cl3N2O4/c13-6-1-8(15)9(2-7(6)14)21-5-12(20)17-3-10(18)16-11(19)4-17/h1-2H,3-5H2,(H,16,18,19). The zero-order valence-corrected chi connectivity index (χ0v) is 12.8. The summed E-state index contributed by atoms with van der Waals surface area (Å²) in [7, 11) is 0. The number of imide groups is 1. The van der Waals surface area contributed by atoms with E-state index in [2.05, 4.69) is 5.32 Å². The molecular weight excluding hydrogens is 343 g/mol. The third-order valence-electron chi connectivity index (χ3n) is 2.63. The minimum atomic E-state index is -0.535. The van der Waals surface area contributed by atoms with E-state index in [4.69, 9.17) is 39.5 Å². The van der Waals surface area contributed by atoms with E-state index in [0.29, 0.717) is 0 Å². The van der Waals surface area contributed by atoms with Crippen molar-refractivity contribution in [3.63, 3.8) is 0 Å². The molecule has 0 unspecified atom stereocenters. The van der Waals surface area contributed by atoms with Crippen LogP contribution in [0.25, 0.3) is 0 Å². The molecule has 1 aliphatic rings. The third kappa shape index (κ3) is 4.00. The first-order chi connectivity index (χ1) is 9.86. The van der Waals surface area contributed by atoms with Crippen molar-refractivity contribution in [3.8, 4) is 5.75 Å². The molecular formula is C12H9Cl3N2O4. The Kier molecular flexibility index (Phi) is 4.92. The number of amides is 3. The molecule has 1 saturated heterocycles. The first-order valence-corrected chi connectivity index (χ1v) is 6.88. The van der Waals surface area contributed by atoms with Crippen LogP contribution in [0.15, 0.2) is 12.1 Å². The summed E-state index contributed by atoms with van der Waals surface area (Å²) in [5.74, 6) is -1.40. The van der Waals surface area contributed by atoms with Crippen molar-refractivity contribution in [2.45, 2.75) is 0 Å². The number of halogens is 3. The maximum absolute atomic E-state index is 11.9. The predicted octanol–water partition coefficient (Wildman–Crippen LogP) is 1.51. The number of nitrogens with one attached hydrogen (secondary N) is 1. The van der Waals surface area contributed by atoms with Crippen molar-refractivity contribution in [1.29, 1.82) is 0 Å². The Bertz CT molecular complexity index is 605. The fraction of sp³-hybridized carbons (Fsp3) is 0.250. The summed E-state index contributed by atoms with van der Waals surface area (Å²) in [4.78, 5) is 35.3. The zero-order chi connectivity index (χ0) is 15.6. The Morgan fingerprint density at radius 3 is 2.29 bits per heavy atom. The first-order valence-electron chi connectivity index (χ1n) is 5.74. The second-order valence-corrected chi connectivity index (χ2v) is 5.43. The minimum Gasteiger partial charge on any atom is -0.482 e. The van der Waals surface area contributed by atoms with Crippen molar-refractivity contribution >= 4 is 52.5 Å². The number of rotatable bonds is 3. The van der Waals surface area contributed by atoms with Crippen LogP contribution in [0, 0.1) is 0 Å². The van der Waals surface area contributed by atoms with Gasteiger partial charge < -0.3 is 9.64 Å². The number of nitrogens with zero attached hydrogens (tertiary/aromatic N) is 1. The topological polar surface area (TPSA) is 75.7 Å². The molecule has 0 radical (unpaired) electrons. The van der Waals surface area contributed by atoms with Crippen LogP contribution in [0.3, 0.4) is 0 Å². The van der Waals surface area contributed by atoms with Gasteiger partial charge in [0.05, 0.1) is 15.1 Å². The zero-order valence-electron chi connectivity index (χ0n) is 10.5. The number of piperazine rings is 1. The molecule has 9 heteroatoms. The second kappa shape index (κ2) is 6.51. The van der Waals surface area contributed by atoms with Crippen LogP contribution in [0.5, 0.6) is 5.75 Å². The summed E-state index contributed by atoms with van der Waals surface area (Å²) >= 11 is 17.5. The van der Waals surface area contributed by atoms with Crippen LogP contribution in [-0.2, 0) is 14.4 Å². The van der Waals surface area contributed by atoms with Crippen molar-refractivity contribution in [3.05, 3.63) is 27.2 Å². The van der Waals surface area contributed by atoms with Gasteiger partial charge in [-0.3, -0.25) is 19.7 Å². The normalized spacial score (nSPS) is 14.9. The monoisotopic (exact) mass is 350 g/mol. The third-order valence-corrected chi connectivity index (χ3v) is 3.64. The molecule has 0 aliphatic carbocycles. The fourth-order valence-electron chi connectivity index (χ4n) is 1.66. The predicted molar refractivity (Wildman–Crippen MR) is 76.7 cm³/mol. The van der Waals surface area contributed by atoms with Gasteiger partial charge in [-0.1, -0.05) is 34.8 Å². The van der Waals surface area contributed by atoms with Gasteiger partial charge >= 0.3 is 0 Å².